The van der Waals surface area contributed by atoms with Crippen LogP contribution in [0.3, 0.4) is 0 Å². The molecule has 0 aromatic heterocycles. The molecule has 0 unspecified atom stereocenters. The van der Waals surface area contributed by atoms with Crippen LogP contribution in [-0.4, -0.2) is 25.2 Å². The van der Waals surface area contributed by atoms with E-state index in [1.165, 1.54) is 0 Å². The van der Waals surface area contributed by atoms with Gasteiger partial charge in [-0.05, 0) is 23.8 Å². The summed E-state index contributed by atoms with van der Waals surface area (Å²) < 4.78 is 5.33. The zero-order valence-electron chi connectivity index (χ0n) is 12.0. The Kier molecular flexibility index (Phi) is 3.39. The molecule has 1 aliphatic heterocycles. The topological polar surface area (TPSA) is 49.8 Å². The monoisotopic (exact) mass is 283 g/mol. The van der Waals surface area contributed by atoms with Crippen molar-refractivity contribution in [2.45, 2.75) is 12.2 Å². The van der Waals surface area contributed by atoms with Gasteiger partial charge in [0.15, 0.2) is 6.10 Å². The standard InChI is InChI=1S/C17H17NO3/c1-18(2)12-9-7-11(8-10-12)15(19)16-13-5-3-4-6-14(13)17(20)21-16/h3-10,15-16,19H,1-2H3/t15-,16-/m1/s1. The first kappa shape index (κ1) is 13.6. The van der Waals surface area contributed by atoms with Crippen LogP contribution < -0.4 is 4.90 Å². The van der Waals surface area contributed by atoms with E-state index in [4.69, 9.17) is 4.74 Å². The molecule has 3 rings (SSSR count). The van der Waals surface area contributed by atoms with Crippen LogP contribution >= 0.6 is 0 Å². The van der Waals surface area contributed by atoms with Crippen LogP contribution in [0.5, 0.6) is 0 Å². The smallest absolute Gasteiger partial charge is 0.339 e. The van der Waals surface area contributed by atoms with Crippen molar-refractivity contribution < 1.29 is 14.6 Å². The quantitative estimate of drug-likeness (QED) is 0.880. The van der Waals surface area contributed by atoms with Gasteiger partial charge >= 0.3 is 5.97 Å². The molecule has 1 aliphatic rings. The number of nitrogens with zero attached hydrogens (tertiary/aromatic N) is 1. The van der Waals surface area contributed by atoms with E-state index in [0.717, 1.165) is 16.8 Å². The zero-order chi connectivity index (χ0) is 15.0. The van der Waals surface area contributed by atoms with E-state index in [-0.39, 0.29) is 5.97 Å². The highest BCUT2D eigenvalue weighted by molar-refractivity contribution is 5.94. The van der Waals surface area contributed by atoms with E-state index < -0.39 is 12.2 Å². The minimum absolute atomic E-state index is 0.375. The summed E-state index contributed by atoms with van der Waals surface area (Å²) in [5.74, 6) is -0.375. The van der Waals surface area contributed by atoms with Gasteiger partial charge in [-0.3, -0.25) is 0 Å². The third-order valence-electron chi connectivity index (χ3n) is 3.76. The Morgan fingerprint density at radius 1 is 1.10 bits per heavy atom. The average molecular weight is 283 g/mol. The van der Waals surface area contributed by atoms with Crippen LogP contribution in [0, 0.1) is 0 Å². The number of esters is 1. The van der Waals surface area contributed by atoms with Crippen LogP contribution in [0.1, 0.15) is 33.7 Å². The highest BCUT2D eigenvalue weighted by Gasteiger charge is 2.36. The lowest BCUT2D eigenvalue weighted by atomic mass is 9.96. The highest BCUT2D eigenvalue weighted by Crippen LogP contribution is 2.39. The maximum Gasteiger partial charge on any atom is 0.339 e. The molecule has 4 nitrogen and oxygen atoms in total. The minimum atomic E-state index is -0.867. The number of fused-ring (bicyclic) bond motifs is 1. The van der Waals surface area contributed by atoms with Crippen molar-refractivity contribution in [3.05, 3.63) is 65.2 Å². The van der Waals surface area contributed by atoms with Crippen molar-refractivity contribution in [3.63, 3.8) is 0 Å². The minimum Gasteiger partial charge on any atom is -0.451 e. The summed E-state index contributed by atoms with van der Waals surface area (Å²) in [5, 5.41) is 10.5. The van der Waals surface area contributed by atoms with Gasteiger partial charge in [-0.1, -0.05) is 30.3 Å². The Bertz CT molecular complexity index is 664. The Balaban J connectivity index is 1.89. The summed E-state index contributed by atoms with van der Waals surface area (Å²) in [5.41, 5.74) is 3.06. The van der Waals surface area contributed by atoms with Crippen LogP contribution in [0.2, 0.25) is 0 Å². The lowest BCUT2D eigenvalue weighted by Crippen LogP contribution is -2.12. The number of ether oxygens (including phenoxy) is 1. The fourth-order valence-electron chi connectivity index (χ4n) is 2.55. The zero-order valence-corrected chi connectivity index (χ0v) is 12.0. The second kappa shape index (κ2) is 5.22. The van der Waals surface area contributed by atoms with E-state index in [9.17, 15) is 9.90 Å². The molecule has 21 heavy (non-hydrogen) atoms. The number of anilines is 1. The van der Waals surface area contributed by atoms with Crippen LogP contribution in [0.15, 0.2) is 48.5 Å². The van der Waals surface area contributed by atoms with Crippen molar-refractivity contribution in [2.24, 2.45) is 0 Å². The number of aliphatic hydroxyl groups is 1. The summed E-state index contributed by atoms with van der Waals surface area (Å²) in [6.45, 7) is 0. The molecule has 2 aromatic rings. The van der Waals surface area contributed by atoms with Gasteiger partial charge in [-0.25, -0.2) is 4.79 Å². The molecule has 2 atom stereocenters. The maximum atomic E-state index is 11.8. The first-order valence-electron chi connectivity index (χ1n) is 6.83. The lowest BCUT2D eigenvalue weighted by molar-refractivity contribution is -0.0102. The number of aliphatic hydroxyl groups excluding tert-OH is 1. The van der Waals surface area contributed by atoms with E-state index >= 15 is 0 Å². The molecular weight excluding hydrogens is 266 g/mol. The molecule has 0 saturated heterocycles. The molecule has 0 spiro atoms. The van der Waals surface area contributed by atoms with Crippen molar-refractivity contribution in [2.75, 3.05) is 19.0 Å². The van der Waals surface area contributed by atoms with E-state index in [2.05, 4.69) is 0 Å². The number of hydrogen-bond acceptors (Lipinski definition) is 4. The first-order valence-corrected chi connectivity index (χ1v) is 6.83. The summed E-state index contributed by atoms with van der Waals surface area (Å²) in [4.78, 5) is 13.8. The summed E-state index contributed by atoms with van der Waals surface area (Å²) in [6.07, 6.45) is -1.51. The summed E-state index contributed by atoms with van der Waals surface area (Å²) in [6, 6.07) is 14.8. The molecular formula is C17H17NO3. The second-order valence-corrected chi connectivity index (χ2v) is 5.34. The van der Waals surface area contributed by atoms with E-state index in [0.29, 0.717) is 5.56 Å². The molecule has 108 valence electrons. The van der Waals surface area contributed by atoms with Gasteiger partial charge in [0, 0.05) is 25.3 Å². The van der Waals surface area contributed by atoms with Gasteiger partial charge in [-0.15, -0.1) is 0 Å². The Morgan fingerprint density at radius 2 is 1.76 bits per heavy atom. The Labute approximate surface area is 123 Å². The molecule has 0 aliphatic carbocycles. The lowest BCUT2D eigenvalue weighted by Gasteiger charge is -2.19. The second-order valence-electron chi connectivity index (χ2n) is 5.34. The van der Waals surface area contributed by atoms with E-state index in [1.807, 2.05) is 55.4 Å². The molecule has 1 heterocycles. The van der Waals surface area contributed by atoms with Crippen molar-refractivity contribution >= 4 is 11.7 Å². The number of carbonyl (C=O) groups excluding carboxylic acids is 1. The fraction of sp³-hybridized carbons (Fsp3) is 0.235. The molecule has 0 radical (unpaired) electrons. The van der Waals surface area contributed by atoms with Gasteiger partial charge < -0.3 is 14.7 Å². The van der Waals surface area contributed by atoms with Crippen LogP contribution in [-0.2, 0) is 4.74 Å². The normalized spacial score (nSPS) is 18.0. The fourth-order valence-corrected chi connectivity index (χ4v) is 2.55. The van der Waals surface area contributed by atoms with Crippen LogP contribution in [0.4, 0.5) is 5.69 Å². The maximum absolute atomic E-state index is 11.8. The number of cyclic esters (lactones) is 1. The predicted molar refractivity (Wildman–Crippen MR) is 80.3 cm³/mol. The summed E-state index contributed by atoms with van der Waals surface area (Å²) >= 11 is 0. The average Bonchev–Trinajstić information content (AvgIpc) is 2.84. The largest absolute Gasteiger partial charge is 0.451 e. The third-order valence-corrected chi connectivity index (χ3v) is 3.76. The number of benzene rings is 2. The van der Waals surface area contributed by atoms with Gasteiger partial charge in [0.2, 0.25) is 0 Å². The molecule has 0 saturated carbocycles. The molecule has 1 N–H and O–H groups in total. The van der Waals surface area contributed by atoms with Crippen molar-refractivity contribution in [1.82, 2.24) is 0 Å². The Hall–Kier alpha value is -2.33. The van der Waals surface area contributed by atoms with Gasteiger partial charge in [0.05, 0.1) is 5.56 Å². The molecule has 4 heteroatoms. The van der Waals surface area contributed by atoms with Gasteiger partial charge in [0.1, 0.15) is 6.10 Å². The Morgan fingerprint density at radius 3 is 2.43 bits per heavy atom. The van der Waals surface area contributed by atoms with Crippen molar-refractivity contribution in [3.8, 4) is 0 Å². The highest BCUT2D eigenvalue weighted by atomic mass is 16.6. The van der Waals surface area contributed by atoms with Crippen molar-refractivity contribution in [1.29, 1.82) is 0 Å². The molecule has 0 fully saturated rings. The third kappa shape index (κ3) is 2.38. The summed E-state index contributed by atoms with van der Waals surface area (Å²) in [7, 11) is 3.92. The number of rotatable bonds is 3. The van der Waals surface area contributed by atoms with Crippen LogP contribution in [0.25, 0.3) is 0 Å². The SMILES string of the molecule is CN(C)c1ccc([C@@H](O)[C@@H]2OC(=O)c3ccccc32)cc1. The number of carbonyl (C=O) groups is 1. The predicted octanol–water partition coefficient (Wildman–Crippen LogP) is 2.70. The molecule has 0 amide bonds. The molecule has 0 bridgehead atoms. The first-order chi connectivity index (χ1) is 10.1. The number of hydrogen-bond donors (Lipinski definition) is 1. The molecule has 2 aromatic carbocycles. The van der Waals surface area contributed by atoms with Gasteiger partial charge in [0.25, 0.3) is 0 Å². The van der Waals surface area contributed by atoms with E-state index in [1.54, 1.807) is 12.1 Å². The van der Waals surface area contributed by atoms with Gasteiger partial charge in [-0.2, -0.15) is 0 Å².